The van der Waals surface area contributed by atoms with Gasteiger partial charge in [-0.2, -0.15) is 0 Å². The Balaban J connectivity index is 2.08. The molecule has 2 N–H and O–H groups in total. The number of rotatable bonds is 3. The molecule has 0 saturated carbocycles. The maximum atomic E-state index is 3.54. The molecule has 0 unspecified atom stereocenters. The first-order valence-corrected chi connectivity index (χ1v) is 4.95. The van der Waals surface area contributed by atoms with Crippen LogP contribution >= 0.6 is 0 Å². The summed E-state index contributed by atoms with van der Waals surface area (Å²) < 4.78 is 0. The number of hydrogen-bond donors (Lipinski definition) is 2. The van der Waals surface area contributed by atoms with E-state index in [1.54, 1.807) is 0 Å². The minimum atomic E-state index is 0.632. The molecule has 1 aromatic carbocycles. The van der Waals surface area contributed by atoms with Crippen LogP contribution in [0.2, 0.25) is 0 Å². The normalized spacial score (nSPS) is 16.7. The third-order valence-electron chi connectivity index (χ3n) is 2.54. The smallest absolute Gasteiger partial charge is 0.0510 e. The zero-order valence-electron chi connectivity index (χ0n) is 8.01. The maximum Gasteiger partial charge on any atom is 0.0510 e. The molecular weight excluding hydrogens is 160 g/mol. The summed E-state index contributed by atoms with van der Waals surface area (Å²) >= 11 is 0. The van der Waals surface area contributed by atoms with E-state index < -0.39 is 0 Å². The van der Waals surface area contributed by atoms with Gasteiger partial charge in [0.2, 0.25) is 0 Å². The van der Waals surface area contributed by atoms with Gasteiger partial charge in [0.15, 0.2) is 0 Å². The highest BCUT2D eigenvalue weighted by molar-refractivity contribution is 5.52. The van der Waals surface area contributed by atoms with Crippen molar-refractivity contribution < 1.29 is 0 Å². The van der Waals surface area contributed by atoms with Crippen LogP contribution in [-0.4, -0.2) is 19.1 Å². The van der Waals surface area contributed by atoms with E-state index in [0.29, 0.717) is 6.04 Å². The van der Waals surface area contributed by atoms with E-state index in [1.165, 1.54) is 11.3 Å². The van der Waals surface area contributed by atoms with Gasteiger partial charge in [-0.15, -0.1) is 0 Å². The SMILES string of the molecule is CCc1ccccc1NC1CNC1. The number of benzene rings is 1. The predicted octanol–water partition coefficient (Wildman–Crippen LogP) is 1.63. The van der Waals surface area contributed by atoms with Crippen LogP contribution in [0.5, 0.6) is 0 Å². The molecule has 70 valence electrons. The monoisotopic (exact) mass is 176 g/mol. The molecule has 0 aromatic heterocycles. The second-order valence-corrected chi connectivity index (χ2v) is 3.51. The lowest BCUT2D eigenvalue weighted by atomic mass is 10.1. The summed E-state index contributed by atoms with van der Waals surface area (Å²) in [5.41, 5.74) is 2.71. The van der Waals surface area contributed by atoms with Crippen molar-refractivity contribution in [1.82, 2.24) is 5.32 Å². The lowest BCUT2D eigenvalue weighted by Crippen LogP contribution is -2.51. The fraction of sp³-hybridized carbons (Fsp3) is 0.455. The Kier molecular flexibility index (Phi) is 2.50. The average molecular weight is 176 g/mol. The summed E-state index contributed by atoms with van der Waals surface area (Å²) in [7, 11) is 0. The van der Waals surface area contributed by atoms with E-state index in [2.05, 4.69) is 41.8 Å². The van der Waals surface area contributed by atoms with E-state index in [-0.39, 0.29) is 0 Å². The van der Waals surface area contributed by atoms with E-state index >= 15 is 0 Å². The van der Waals surface area contributed by atoms with Crippen molar-refractivity contribution in [3.63, 3.8) is 0 Å². The lowest BCUT2D eigenvalue weighted by molar-refractivity contribution is 0.472. The highest BCUT2D eigenvalue weighted by Crippen LogP contribution is 2.17. The largest absolute Gasteiger partial charge is 0.380 e. The van der Waals surface area contributed by atoms with Gasteiger partial charge in [0.25, 0.3) is 0 Å². The topological polar surface area (TPSA) is 24.1 Å². The van der Waals surface area contributed by atoms with Gasteiger partial charge >= 0.3 is 0 Å². The molecule has 1 aliphatic rings. The summed E-state index contributed by atoms with van der Waals surface area (Å²) in [4.78, 5) is 0. The third-order valence-corrected chi connectivity index (χ3v) is 2.54. The van der Waals surface area contributed by atoms with Crippen molar-refractivity contribution in [2.75, 3.05) is 18.4 Å². The highest BCUT2D eigenvalue weighted by atomic mass is 15.1. The molecule has 0 spiro atoms. The average Bonchev–Trinajstić information content (AvgIpc) is 2.12. The summed E-state index contributed by atoms with van der Waals surface area (Å²) in [6, 6.07) is 9.18. The fourth-order valence-electron chi connectivity index (χ4n) is 1.58. The van der Waals surface area contributed by atoms with Crippen LogP contribution < -0.4 is 10.6 Å². The molecule has 0 atom stereocenters. The zero-order valence-corrected chi connectivity index (χ0v) is 8.01. The third kappa shape index (κ3) is 1.83. The number of para-hydroxylation sites is 1. The van der Waals surface area contributed by atoms with Gasteiger partial charge in [0.1, 0.15) is 0 Å². The van der Waals surface area contributed by atoms with Crippen molar-refractivity contribution in [3.05, 3.63) is 29.8 Å². The molecule has 0 radical (unpaired) electrons. The number of hydrogen-bond acceptors (Lipinski definition) is 2. The van der Waals surface area contributed by atoms with Crippen LogP contribution in [0.4, 0.5) is 5.69 Å². The van der Waals surface area contributed by atoms with Gasteiger partial charge < -0.3 is 10.6 Å². The highest BCUT2D eigenvalue weighted by Gasteiger charge is 2.16. The first-order chi connectivity index (χ1) is 6.40. The molecule has 0 aliphatic carbocycles. The molecule has 2 heteroatoms. The maximum absolute atomic E-state index is 3.54. The molecule has 2 rings (SSSR count). The second kappa shape index (κ2) is 3.79. The van der Waals surface area contributed by atoms with Crippen molar-refractivity contribution in [2.45, 2.75) is 19.4 Å². The van der Waals surface area contributed by atoms with Crippen LogP contribution in [-0.2, 0) is 6.42 Å². The van der Waals surface area contributed by atoms with Gasteiger partial charge in [0.05, 0.1) is 6.04 Å². The fourth-order valence-corrected chi connectivity index (χ4v) is 1.58. The van der Waals surface area contributed by atoms with Crippen molar-refractivity contribution in [1.29, 1.82) is 0 Å². The summed E-state index contributed by atoms with van der Waals surface area (Å²) in [5.74, 6) is 0. The molecular formula is C11H16N2. The van der Waals surface area contributed by atoms with Crippen LogP contribution in [0.3, 0.4) is 0 Å². The Morgan fingerprint density at radius 2 is 2.15 bits per heavy atom. The van der Waals surface area contributed by atoms with E-state index in [4.69, 9.17) is 0 Å². The van der Waals surface area contributed by atoms with Crippen LogP contribution in [0.25, 0.3) is 0 Å². The molecule has 1 aliphatic heterocycles. The molecule has 1 heterocycles. The minimum absolute atomic E-state index is 0.632. The second-order valence-electron chi connectivity index (χ2n) is 3.51. The standard InChI is InChI=1S/C11H16N2/c1-2-9-5-3-4-6-11(9)13-10-7-12-8-10/h3-6,10,12-13H,2,7-8H2,1H3. The Morgan fingerprint density at radius 1 is 1.38 bits per heavy atom. The number of nitrogens with one attached hydrogen (secondary N) is 2. The molecule has 1 saturated heterocycles. The predicted molar refractivity (Wildman–Crippen MR) is 56.1 cm³/mol. The summed E-state index contributed by atoms with van der Waals surface area (Å²) in [6.45, 7) is 4.38. The van der Waals surface area contributed by atoms with Crippen molar-refractivity contribution >= 4 is 5.69 Å². The molecule has 1 aromatic rings. The van der Waals surface area contributed by atoms with Gasteiger partial charge in [-0.05, 0) is 18.1 Å². The van der Waals surface area contributed by atoms with Crippen LogP contribution in [0, 0.1) is 0 Å². The first kappa shape index (κ1) is 8.57. The number of anilines is 1. The Hall–Kier alpha value is -1.02. The van der Waals surface area contributed by atoms with Gasteiger partial charge in [-0.1, -0.05) is 25.1 Å². The Morgan fingerprint density at radius 3 is 2.77 bits per heavy atom. The zero-order chi connectivity index (χ0) is 9.10. The molecule has 0 bridgehead atoms. The van der Waals surface area contributed by atoms with E-state index in [0.717, 1.165) is 19.5 Å². The Bertz CT molecular complexity index is 279. The van der Waals surface area contributed by atoms with Gasteiger partial charge in [-0.25, -0.2) is 0 Å². The van der Waals surface area contributed by atoms with Crippen molar-refractivity contribution in [3.8, 4) is 0 Å². The minimum Gasteiger partial charge on any atom is -0.380 e. The van der Waals surface area contributed by atoms with Gasteiger partial charge in [0, 0.05) is 18.8 Å². The molecule has 1 fully saturated rings. The first-order valence-electron chi connectivity index (χ1n) is 4.95. The molecule has 0 amide bonds. The van der Waals surface area contributed by atoms with E-state index in [9.17, 15) is 0 Å². The van der Waals surface area contributed by atoms with Crippen molar-refractivity contribution in [2.24, 2.45) is 0 Å². The molecule has 13 heavy (non-hydrogen) atoms. The van der Waals surface area contributed by atoms with Crippen LogP contribution in [0.15, 0.2) is 24.3 Å². The van der Waals surface area contributed by atoms with Gasteiger partial charge in [-0.3, -0.25) is 0 Å². The number of aryl methyl sites for hydroxylation is 1. The van der Waals surface area contributed by atoms with Crippen LogP contribution in [0.1, 0.15) is 12.5 Å². The Labute approximate surface area is 79.4 Å². The van der Waals surface area contributed by atoms with E-state index in [1.807, 2.05) is 0 Å². The summed E-state index contributed by atoms with van der Waals surface area (Å²) in [6.07, 6.45) is 1.10. The molecule has 2 nitrogen and oxygen atoms in total. The quantitative estimate of drug-likeness (QED) is 0.731. The lowest BCUT2D eigenvalue weighted by Gasteiger charge is -2.29. The summed E-state index contributed by atoms with van der Waals surface area (Å²) in [5, 5.41) is 6.79.